The average Bonchev–Trinajstić information content (AvgIpc) is 2.72. The molecule has 6 nitrogen and oxygen atoms in total. The first kappa shape index (κ1) is 20.2. The van der Waals surface area contributed by atoms with Crippen LogP contribution in [0.4, 0.5) is 0 Å². The summed E-state index contributed by atoms with van der Waals surface area (Å²) < 4.78 is 16.6. The number of fused-ring (bicyclic) bond motifs is 1. The average molecular weight is 448 g/mol. The predicted octanol–water partition coefficient (Wildman–Crippen LogP) is 3.60. The van der Waals surface area contributed by atoms with E-state index in [0.717, 1.165) is 12.0 Å². The van der Waals surface area contributed by atoms with Gasteiger partial charge in [-0.1, -0.05) is 24.3 Å². The highest BCUT2D eigenvalue weighted by molar-refractivity contribution is 9.10. The highest BCUT2D eigenvalue weighted by Gasteiger charge is 2.22. The fraction of sp³-hybridized carbons (Fsp3) is 0.333. The van der Waals surface area contributed by atoms with E-state index in [9.17, 15) is 9.59 Å². The van der Waals surface area contributed by atoms with Gasteiger partial charge in [-0.25, -0.2) is 4.79 Å². The van der Waals surface area contributed by atoms with E-state index in [1.54, 1.807) is 17.0 Å². The van der Waals surface area contributed by atoms with Crippen molar-refractivity contribution in [3.8, 4) is 11.5 Å². The van der Waals surface area contributed by atoms with Gasteiger partial charge in [0, 0.05) is 13.1 Å². The van der Waals surface area contributed by atoms with E-state index in [0.29, 0.717) is 35.7 Å². The lowest BCUT2D eigenvalue weighted by atomic mass is 10.00. The molecule has 1 amide bonds. The number of nitrogens with zero attached hydrogens (tertiary/aromatic N) is 1. The van der Waals surface area contributed by atoms with Crippen LogP contribution in [0.25, 0.3) is 0 Å². The molecule has 2 aromatic carbocycles. The second kappa shape index (κ2) is 9.10. The van der Waals surface area contributed by atoms with Gasteiger partial charge in [-0.2, -0.15) is 0 Å². The standard InChI is InChI=1S/C21H22BrNO5/c1-3-27-20-17(22)10-16(11-18(20)26-2)21(25)28-13-19(24)23-9-8-14-6-4-5-7-15(14)12-23/h4-7,10-11H,3,8-9,12-13H2,1-2H3. The van der Waals surface area contributed by atoms with Crippen molar-refractivity contribution in [1.29, 1.82) is 0 Å². The Morgan fingerprint density at radius 3 is 2.64 bits per heavy atom. The highest BCUT2D eigenvalue weighted by atomic mass is 79.9. The minimum Gasteiger partial charge on any atom is -0.493 e. The Bertz CT molecular complexity index is 883. The fourth-order valence-corrected chi connectivity index (χ4v) is 3.69. The monoisotopic (exact) mass is 447 g/mol. The molecule has 0 unspecified atom stereocenters. The van der Waals surface area contributed by atoms with Gasteiger partial charge in [-0.15, -0.1) is 0 Å². The maximum absolute atomic E-state index is 12.5. The Labute approximate surface area is 172 Å². The first-order chi connectivity index (χ1) is 13.5. The van der Waals surface area contributed by atoms with Gasteiger partial charge in [-0.3, -0.25) is 4.79 Å². The number of benzene rings is 2. The Balaban J connectivity index is 1.63. The molecule has 28 heavy (non-hydrogen) atoms. The molecule has 0 aliphatic carbocycles. The summed E-state index contributed by atoms with van der Waals surface area (Å²) in [5.74, 6) is 0.138. The lowest BCUT2D eigenvalue weighted by Crippen LogP contribution is -2.38. The van der Waals surface area contributed by atoms with E-state index in [2.05, 4.69) is 22.0 Å². The second-order valence-corrected chi connectivity index (χ2v) is 7.19. The highest BCUT2D eigenvalue weighted by Crippen LogP contribution is 2.36. The zero-order chi connectivity index (χ0) is 20.1. The molecule has 2 aromatic rings. The molecule has 0 radical (unpaired) electrons. The van der Waals surface area contributed by atoms with Crippen LogP contribution in [0.1, 0.15) is 28.4 Å². The van der Waals surface area contributed by atoms with E-state index >= 15 is 0 Å². The summed E-state index contributed by atoms with van der Waals surface area (Å²) in [7, 11) is 1.50. The van der Waals surface area contributed by atoms with Crippen molar-refractivity contribution in [2.45, 2.75) is 19.9 Å². The fourth-order valence-electron chi connectivity index (χ4n) is 3.13. The van der Waals surface area contributed by atoms with Gasteiger partial charge in [0.15, 0.2) is 18.1 Å². The Morgan fingerprint density at radius 2 is 1.93 bits per heavy atom. The van der Waals surface area contributed by atoms with Crippen LogP contribution in [-0.2, 0) is 22.5 Å². The van der Waals surface area contributed by atoms with Gasteiger partial charge in [-0.05, 0) is 52.5 Å². The third-order valence-electron chi connectivity index (χ3n) is 4.56. The molecule has 0 saturated heterocycles. The SMILES string of the molecule is CCOc1c(Br)cc(C(=O)OCC(=O)N2CCc3ccccc3C2)cc1OC. The summed E-state index contributed by atoms with van der Waals surface area (Å²) in [6.45, 7) is 3.18. The number of amides is 1. The zero-order valence-electron chi connectivity index (χ0n) is 15.9. The molecule has 0 N–H and O–H groups in total. The number of hydrogen-bond donors (Lipinski definition) is 0. The largest absolute Gasteiger partial charge is 0.493 e. The third kappa shape index (κ3) is 4.47. The molecule has 0 saturated carbocycles. The molecule has 148 valence electrons. The van der Waals surface area contributed by atoms with Crippen molar-refractivity contribution in [1.82, 2.24) is 4.90 Å². The summed E-state index contributed by atoms with van der Waals surface area (Å²) in [6.07, 6.45) is 0.804. The summed E-state index contributed by atoms with van der Waals surface area (Å²) in [6, 6.07) is 11.2. The maximum Gasteiger partial charge on any atom is 0.338 e. The number of esters is 1. The molecular formula is C21H22BrNO5. The van der Waals surface area contributed by atoms with E-state index < -0.39 is 5.97 Å². The predicted molar refractivity (Wildman–Crippen MR) is 108 cm³/mol. The minimum atomic E-state index is -0.590. The molecule has 0 spiro atoms. The molecule has 1 aliphatic rings. The van der Waals surface area contributed by atoms with Crippen LogP contribution in [0.5, 0.6) is 11.5 Å². The van der Waals surface area contributed by atoms with Crippen LogP contribution >= 0.6 is 15.9 Å². The number of carbonyl (C=O) groups is 2. The molecule has 3 rings (SSSR count). The Hall–Kier alpha value is -2.54. The maximum atomic E-state index is 12.5. The number of hydrogen-bond acceptors (Lipinski definition) is 5. The lowest BCUT2D eigenvalue weighted by Gasteiger charge is -2.28. The van der Waals surface area contributed by atoms with Crippen molar-refractivity contribution in [3.63, 3.8) is 0 Å². The molecule has 1 heterocycles. The van der Waals surface area contributed by atoms with E-state index in [-0.39, 0.29) is 18.1 Å². The molecule has 7 heteroatoms. The van der Waals surface area contributed by atoms with Gasteiger partial charge < -0.3 is 19.1 Å². The first-order valence-electron chi connectivity index (χ1n) is 9.05. The quantitative estimate of drug-likeness (QED) is 0.632. The van der Waals surface area contributed by atoms with Crippen molar-refractivity contribution < 1.29 is 23.8 Å². The number of methoxy groups -OCH3 is 1. The second-order valence-electron chi connectivity index (χ2n) is 6.33. The summed E-state index contributed by atoms with van der Waals surface area (Å²) in [5.41, 5.74) is 2.67. The lowest BCUT2D eigenvalue weighted by molar-refractivity contribution is -0.135. The van der Waals surface area contributed by atoms with Crippen LogP contribution in [0.15, 0.2) is 40.9 Å². The minimum absolute atomic E-state index is 0.208. The number of rotatable bonds is 6. The van der Waals surface area contributed by atoms with Gasteiger partial charge in [0.1, 0.15) is 0 Å². The number of ether oxygens (including phenoxy) is 3. The van der Waals surface area contributed by atoms with E-state index in [4.69, 9.17) is 14.2 Å². The molecule has 0 atom stereocenters. The normalized spacial score (nSPS) is 12.9. The molecular weight excluding hydrogens is 426 g/mol. The molecule has 1 aliphatic heterocycles. The van der Waals surface area contributed by atoms with Crippen molar-refractivity contribution in [2.24, 2.45) is 0 Å². The molecule has 0 fully saturated rings. The van der Waals surface area contributed by atoms with Gasteiger partial charge in [0.25, 0.3) is 5.91 Å². The zero-order valence-corrected chi connectivity index (χ0v) is 17.5. The van der Waals surface area contributed by atoms with Crippen LogP contribution in [0, 0.1) is 0 Å². The molecule has 0 aromatic heterocycles. The third-order valence-corrected chi connectivity index (χ3v) is 5.15. The van der Waals surface area contributed by atoms with Crippen molar-refractivity contribution in [2.75, 3.05) is 26.9 Å². The van der Waals surface area contributed by atoms with Crippen molar-refractivity contribution in [3.05, 3.63) is 57.6 Å². The summed E-state index contributed by atoms with van der Waals surface area (Å²) >= 11 is 3.38. The van der Waals surface area contributed by atoms with E-state index in [1.165, 1.54) is 12.7 Å². The van der Waals surface area contributed by atoms with Gasteiger partial charge in [0.2, 0.25) is 0 Å². The Morgan fingerprint density at radius 1 is 1.18 bits per heavy atom. The van der Waals surface area contributed by atoms with Crippen LogP contribution in [0.2, 0.25) is 0 Å². The smallest absolute Gasteiger partial charge is 0.338 e. The van der Waals surface area contributed by atoms with Crippen molar-refractivity contribution >= 4 is 27.8 Å². The van der Waals surface area contributed by atoms with Crippen LogP contribution < -0.4 is 9.47 Å². The number of carbonyl (C=O) groups excluding carboxylic acids is 2. The van der Waals surface area contributed by atoms with Gasteiger partial charge >= 0.3 is 5.97 Å². The number of halogens is 1. The Kier molecular flexibility index (Phi) is 6.57. The van der Waals surface area contributed by atoms with Crippen LogP contribution in [-0.4, -0.2) is 43.6 Å². The first-order valence-corrected chi connectivity index (χ1v) is 9.84. The summed E-state index contributed by atoms with van der Waals surface area (Å²) in [5, 5.41) is 0. The molecule has 0 bridgehead atoms. The summed E-state index contributed by atoms with van der Waals surface area (Å²) in [4.78, 5) is 26.6. The topological polar surface area (TPSA) is 65.1 Å². The van der Waals surface area contributed by atoms with E-state index in [1.807, 2.05) is 25.1 Å². The van der Waals surface area contributed by atoms with Crippen LogP contribution in [0.3, 0.4) is 0 Å². The van der Waals surface area contributed by atoms with Gasteiger partial charge in [0.05, 0.1) is 23.8 Å².